The van der Waals surface area contributed by atoms with Gasteiger partial charge in [0.05, 0.1) is 17.3 Å². The number of aryl methyl sites for hydroxylation is 2. The standard InChI is InChI=1S/C30H35N5O3/c1-17(2)13-20-5-8-22(9-6-20)18(3)28(37)33-19(4)25-14-21(16-36)7-10-23(25)11-12-24-15-32-27-26(24)29(38)35-30(31)34-27/h5-10,14-19H,11-13H2,1-4H3,(H,33,37)(H4,31,32,34,35,38)/t18-,19?/m0/s1. The number of hydrogen-bond donors (Lipinski definition) is 4. The molecule has 1 amide bonds. The molecule has 2 atom stereocenters. The van der Waals surface area contributed by atoms with Crippen LogP contribution in [0.4, 0.5) is 5.95 Å². The molecule has 0 saturated carbocycles. The molecule has 38 heavy (non-hydrogen) atoms. The fourth-order valence-corrected chi connectivity index (χ4v) is 4.89. The molecule has 5 N–H and O–H groups in total. The Morgan fingerprint density at radius 1 is 1.05 bits per heavy atom. The van der Waals surface area contributed by atoms with Crippen LogP contribution in [0.3, 0.4) is 0 Å². The number of nitrogen functional groups attached to an aromatic ring is 1. The zero-order valence-corrected chi connectivity index (χ0v) is 22.3. The molecule has 2 aromatic carbocycles. The second kappa shape index (κ2) is 11.5. The van der Waals surface area contributed by atoms with Gasteiger partial charge in [-0.3, -0.25) is 19.4 Å². The lowest BCUT2D eigenvalue weighted by Crippen LogP contribution is -2.31. The number of rotatable bonds is 10. The number of carbonyl (C=O) groups is 2. The Morgan fingerprint density at radius 2 is 1.76 bits per heavy atom. The van der Waals surface area contributed by atoms with Crippen LogP contribution in [-0.2, 0) is 24.1 Å². The lowest BCUT2D eigenvalue weighted by molar-refractivity contribution is -0.122. The number of aromatic amines is 2. The molecule has 8 nitrogen and oxygen atoms in total. The minimum absolute atomic E-state index is 0.0629. The molecule has 0 bridgehead atoms. The Kier molecular flexibility index (Phi) is 8.10. The summed E-state index contributed by atoms with van der Waals surface area (Å²) >= 11 is 0. The smallest absolute Gasteiger partial charge is 0.262 e. The molecule has 8 heteroatoms. The van der Waals surface area contributed by atoms with E-state index >= 15 is 0 Å². The number of fused-ring (bicyclic) bond motifs is 1. The van der Waals surface area contributed by atoms with Crippen molar-refractivity contribution in [3.63, 3.8) is 0 Å². The summed E-state index contributed by atoms with van der Waals surface area (Å²) in [6.45, 7) is 8.20. The van der Waals surface area contributed by atoms with Gasteiger partial charge in [-0.15, -0.1) is 0 Å². The summed E-state index contributed by atoms with van der Waals surface area (Å²) in [6, 6.07) is 13.4. The first-order valence-corrected chi connectivity index (χ1v) is 13.0. The summed E-state index contributed by atoms with van der Waals surface area (Å²) in [4.78, 5) is 46.8. The minimum Gasteiger partial charge on any atom is -0.369 e. The molecule has 2 aromatic heterocycles. The average Bonchev–Trinajstić information content (AvgIpc) is 3.30. The van der Waals surface area contributed by atoms with Crippen LogP contribution < -0.4 is 16.6 Å². The predicted octanol–water partition coefficient (Wildman–Crippen LogP) is 4.61. The SMILES string of the molecule is CC(C)Cc1ccc([C@H](C)C(=O)NC(C)c2cc(C=O)ccc2CCc2c[nH]c3nc(N)[nH]c(=O)c23)cc1. The molecule has 4 rings (SSSR count). The number of hydrogen-bond acceptors (Lipinski definition) is 5. The minimum atomic E-state index is -0.318. The van der Waals surface area contributed by atoms with Crippen molar-refractivity contribution in [3.8, 4) is 0 Å². The molecule has 0 aliphatic rings. The normalized spacial score (nSPS) is 13.0. The Bertz CT molecular complexity index is 1500. The van der Waals surface area contributed by atoms with E-state index in [4.69, 9.17) is 5.73 Å². The van der Waals surface area contributed by atoms with Gasteiger partial charge in [-0.2, -0.15) is 4.98 Å². The van der Waals surface area contributed by atoms with Gasteiger partial charge in [0.25, 0.3) is 5.56 Å². The van der Waals surface area contributed by atoms with Gasteiger partial charge in [0.15, 0.2) is 0 Å². The van der Waals surface area contributed by atoms with Crippen molar-refractivity contribution in [2.24, 2.45) is 5.92 Å². The number of nitrogens with one attached hydrogen (secondary N) is 3. The van der Waals surface area contributed by atoms with Crippen molar-refractivity contribution in [2.45, 2.75) is 58.9 Å². The third-order valence-corrected chi connectivity index (χ3v) is 6.95. The van der Waals surface area contributed by atoms with Gasteiger partial charge in [0.2, 0.25) is 11.9 Å². The van der Waals surface area contributed by atoms with Crippen LogP contribution >= 0.6 is 0 Å². The molecule has 0 saturated heterocycles. The second-order valence-electron chi connectivity index (χ2n) is 10.4. The Hall–Kier alpha value is -4.20. The maximum Gasteiger partial charge on any atom is 0.262 e. The number of H-pyrrole nitrogens is 2. The topological polar surface area (TPSA) is 134 Å². The zero-order valence-electron chi connectivity index (χ0n) is 22.3. The summed E-state index contributed by atoms with van der Waals surface area (Å²) in [5, 5.41) is 3.62. The van der Waals surface area contributed by atoms with E-state index in [1.54, 1.807) is 12.3 Å². The molecule has 0 fully saturated rings. The van der Waals surface area contributed by atoms with Crippen molar-refractivity contribution in [1.29, 1.82) is 0 Å². The van der Waals surface area contributed by atoms with Crippen LogP contribution in [0.2, 0.25) is 0 Å². The van der Waals surface area contributed by atoms with Gasteiger partial charge < -0.3 is 16.0 Å². The van der Waals surface area contributed by atoms with Crippen LogP contribution in [0.1, 0.15) is 77.8 Å². The molecule has 0 aliphatic carbocycles. The van der Waals surface area contributed by atoms with Crippen molar-refractivity contribution < 1.29 is 9.59 Å². The number of anilines is 1. The van der Waals surface area contributed by atoms with E-state index in [2.05, 4.69) is 46.2 Å². The number of nitrogens with zero attached hydrogens (tertiary/aromatic N) is 1. The zero-order chi connectivity index (χ0) is 27.4. The highest BCUT2D eigenvalue weighted by Crippen LogP contribution is 2.25. The quantitative estimate of drug-likeness (QED) is 0.230. The summed E-state index contributed by atoms with van der Waals surface area (Å²) in [5.74, 6) is 0.239. The van der Waals surface area contributed by atoms with Gasteiger partial charge in [0, 0.05) is 11.8 Å². The van der Waals surface area contributed by atoms with Gasteiger partial charge in [-0.05, 0) is 72.9 Å². The van der Waals surface area contributed by atoms with Crippen molar-refractivity contribution in [2.75, 3.05) is 5.73 Å². The lowest BCUT2D eigenvalue weighted by atomic mass is 9.93. The molecule has 198 valence electrons. The molecule has 1 unspecified atom stereocenters. The van der Waals surface area contributed by atoms with Crippen molar-refractivity contribution >= 4 is 29.2 Å². The molecule has 0 radical (unpaired) electrons. The molecular formula is C30H35N5O3. The van der Waals surface area contributed by atoms with Gasteiger partial charge >= 0.3 is 0 Å². The van der Waals surface area contributed by atoms with Crippen LogP contribution in [0.5, 0.6) is 0 Å². The van der Waals surface area contributed by atoms with Crippen LogP contribution in [-0.4, -0.2) is 27.1 Å². The first kappa shape index (κ1) is 26.9. The number of aldehydes is 1. The fraction of sp³-hybridized carbons (Fsp3) is 0.333. The fourth-order valence-electron chi connectivity index (χ4n) is 4.89. The van der Waals surface area contributed by atoms with E-state index in [9.17, 15) is 14.4 Å². The second-order valence-corrected chi connectivity index (χ2v) is 10.4. The monoisotopic (exact) mass is 513 g/mol. The molecule has 0 spiro atoms. The summed E-state index contributed by atoms with van der Waals surface area (Å²) in [5.41, 5.74) is 11.3. The molecule has 2 heterocycles. The van der Waals surface area contributed by atoms with Crippen LogP contribution in [0.25, 0.3) is 11.0 Å². The Balaban J connectivity index is 1.51. The number of aromatic nitrogens is 3. The van der Waals surface area contributed by atoms with E-state index in [-0.39, 0.29) is 29.4 Å². The first-order valence-electron chi connectivity index (χ1n) is 13.0. The molecular weight excluding hydrogens is 478 g/mol. The van der Waals surface area contributed by atoms with E-state index in [0.717, 1.165) is 35.0 Å². The van der Waals surface area contributed by atoms with E-state index in [0.29, 0.717) is 35.4 Å². The van der Waals surface area contributed by atoms with Crippen molar-refractivity contribution in [1.82, 2.24) is 20.3 Å². The Labute approximate surface area is 222 Å². The number of nitrogens with two attached hydrogens (primary N) is 1. The van der Waals surface area contributed by atoms with Crippen molar-refractivity contribution in [3.05, 3.63) is 92.4 Å². The third kappa shape index (κ3) is 6.02. The number of amides is 1. The number of carbonyl (C=O) groups excluding carboxylic acids is 2. The lowest BCUT2D eigenvalue weighted by Gasteiger charge is -2.21. The molecule has 4 aromatic rings. The predicted molar refractivity (Wildman–Crippen MR) is 150 cm³/mol. The van der Waals surface area contributed by atoms with Gasteiger partial charge in [-0.25, -0.2) is 0 Å². The highest BCUT2D eigenvalue weighted by molar-refractivity contribution is 5.84. The van der Waals surface area contributed by atoms with E-state index < -0.39 is 0 Å². The summed E-state index contributed by atoms with van der Waals surface area (Å²) < 4.78 is 0. The number of benzene rings is 2. The maximum absolute atomic E-state index is 13.2. The van der Waals surface area contributed by atoms with Gasteiger partial charge in [-0.1, -0.05) is 50.2 Å². The Morgan fingerprint density at radius 3 is 2.45 bits per heavy atom. The maximum atomic E-state index is 13.2. The van der Waals surface area contributed by atoms with E-state index in [1.807, 2.05) is 38.1 Å². The van der Waals surface area contributed by atoms with Crippen LogP contribution in [0, 0.1) is 5.92 Å². The molecule has 0 aliphatic heterocycles. The summed E-state index contributed by atoms with van der Waals surface area (Å²) in [6.07, 6.45) is 4.76. The third-order valence-electron chi connectivity index (χ3n) is 6.95. The van der Waals surface area contributed by atoms with Gasteiger partial charge in [0.1, 0.15) is 11.9 Å². The summed E-state index contributed by atoms with van der Waals surface area (Å²) in [7, 11) is 0. The van der Waals surface area contributed by atoms with Crippen LogP contribution in [0.15, 0.2) is 53.5 Å². The average molecular weight is 514 g/mol. The largest absolute Gasteiger partial charge is 0.369 e. The highest BCUT2D eigenvalue weighted by Gasteiger charge is 2.20. The van der Waals surface area contributed by atoms with E-state index in [1.165, 1.54) is 5.56 Å². The highest BCUT2D eigenvalue weighted by atomic mass is 16.2. The first-order chi connectivity index (χ1) is 18.2.